The van der Waals surface area contributed by atoms with Crippen molar-refractivity contribution in [3.05, 3.63) is 51.5 Å². The van der Waals surface area contributed by atoms with Crippen molar-refractivity contribution in [2.45, 2.75) is 124 Å². The van der Waals surface area contributed by atoms with Gasteiger partial charge in [-0.25, -0.2) is 9.78 Å². The molecule has 10 heteroatoms. The van der Waals surface area contributed by atoms with Crippen LogP contribution in [0.5, 0.6) is 0 Å². The molecule has 0 aliphatic rings. The molecule has 0 bridgehead atoms. The van der Waals surface area contributed by atoms with Crippen LogP contribution in [0.4, 0.5) is 4.79 Å². The summed E-state index contributed by atoms with van der Waals surface area (Å²) in [5, 5.41) is 0.757. The second-order valence-electron chi connectivity index (χ2n) is 14.0. The number of amides is 1. The van der Waals surface area contributed by atoms with Crippen molar-refractivity contribution in [3.63, 3.8) is 0 Å². The van der Waals surface area contributed by atoms with Gasteiger partial charge < -0.3 is 23.5 Å². The second-order valence-corrected chi connectivity index (χ2v) is 19.9. The molecule has 43 heavy (non-hydrogen) atoms. The molecule has 2 rings (SSSR count). The van der Waals surface area contributed by atoms with Crippen LogP contribution >= 0.6 is 11.3 Å². The van der Waals surface area contributed by atoms with E-state index in [0.717, 1.165) is 16.1 Å². The van der Waals surface area contributed by atoms with E-state index in [0.29, 0.717) is 37.7 Å². The quantitative estimate of drug-likeness (QED) is 0.117. The van der Waals surface area contributed by atoms with Gasteiger partial charge in [0.25, 0.3) is 0 Å². The van der Waals surface area contributed by atoms with Crippen molar-refractivity contribution in [1.82, 2.24) is 9.88 Å². The van der Waals surface area contributed by atoms with Gasteiger partial charge in [0.15, 0.2) is 14.4 Å². The Morgan fingerprint density at radius 2 is 1.65 bits per heavy atom. The number of aromatic nitrogens is 1. The zero-order valence-electron chi connectivity index (χ0n) is 28.4. The zero-order valence-corrected chi connectivity index (χ0v) is 30.2. The second kappa shape index (κ2) is 15.6. The summed E-state index contributed by atoms with van der Waals surface area (Å²) in [6, 6.07) is 9.85. The first kappa shape index (κ1) is 36.9. The van der Waals surface area contributed by atoms with Crippen LogP contribution in [0.1, 0.15) is 96.0 Å². The lowest BCUT2D eigenvalue weighted by Crippen LogP contribution is -2.44. The molecule has 1 amide bonds. The van der Waals surface area contributed by atoms with E-state index in [1.807, 2.05) is 65.0 Å². The minimum absolute atomic E-state index is 0.0574. The van der Waals surface area contributed by atoms with E-state index < -0.39 is 32.1 Å². The molecule has 0 radical (unpaired) electrons. The molecule has 8 nitrogen and oxygen atoms in total. The topological polar surface area (TPSA) is 87.2 Å². The summed E-state index contributed by atoms with van der Waals surface area (Å²) in [5.74, 6) is -0.308. The average Bonchev–Trinajstić information content (AvgIpc) is 3.29. The maximum atomic E-state index is 13.0. The highest BCUT2D eigenvalue weighted by atomic mass is 32.1. The van der Waals surface area contributed by atoms with Crippen molar-refractivity contribution in [2.75, 3.05) is 13.7 Å². The number of thiazole rings is 1. The number of ether oxygens (including phenoxy) is 3. The minimum Gasteiger partial charge on any atom is -0.455 e. The summed E-state index contributed by atoms with van der Waals surface area (Å²) >= 11 is 1.53. The van der Waals surface area contributed by atoms with E-state index in [2.05, 4.69) is 33.9 Å². The number of carbonyl (C=O) groups is 2. The Balaban J connectivity index is 2.35. The average molecular weight is 635 g/mol. The molecule has 0 spiro atoms. The van der Waals surface area contributed by atoms with Gasteiger partial charge in [-0.15, -0.1) is 11.3 Å². The third kappa shape index (κ3) is 12.0. The van der Waals surface area contributed by atoms with Crippen LogP contribution in [0.3, 0.4) is 0 Å². The fourth-order valence-corrected chi connectivity index (χ4v) is 6.23. The van der Waals surface area contributed by atoms with Crippen LogP contribution in [-0.2, 0) is 43.1 Å². The van der Waals surface area contributed by atoms with Crippen LogP contribution < -0.4 is 0 Å². The Morgan fingerprint density at radius 1 is 1.02 bits per heavy atom. The minimum atomic E-state index is -2.04. The van der Waals surface area contributed by atoms with Crippen molar-refractivity contribution >= 4 is 31.7 Å². The Labute approximate surface area is 264 Å². The zero-order chi connectivity index (χ0) is 32.6. The lowest BCUT2D eigenvalue weighted by Gasteiger charge is -2.36. The predicted octanol–water partition coefficient (Wildman–Crippen LogP) is 8.31. The van der Waals surface area contributed by atoms with Gasteiger partial charge in [0.05, 0.1) is 25.5 Å². The summed E-state index contributed by atoms with van der Waals surface area (Å²) in [4.78, 5) is 32.9. The molecule has 0 aliphatic heterocycles. The molecule has 0 unspecified atom stereocenters. The molecule has 0 fully saturated rings. The standard InChI is InChI=1S/C33H54N2O6SSi/c1-23(2)27(35(10)31(37)41-32(4,5)6)20-28(40-24(3)36)30-34-26(22-39-43(11,12)33(7,8)9)29(42-30)18-19-38-21-25-16-14-13-15-17-25/h13-17,23,27-28H,18-22H2,1-12H3/t27-,28-/m1/s1. The molecule has 2 atom stereocenters. The summed E-state index contributed by atoms with van der Waals surface area (Å²) < 4.78 is 24.1. The van der Waals surface area contributed by atoms with Gasteiger partial charge in [-0.05, 0) is 50.4 Å². The monoisotopic (exact) mass is 634 g/mol. The Morgan fingerprint density at radius 3 is 2.19 bits per heavy atom. The summed E-state index contributed by atoms with van der Waals surface area (Å²) in [5.41, 5.74) is 1.36. The molecule has 0 N–H and O–H groups in total. The van der Waals surface area contributed by atoms with E-state index in [4.69, 9.17) is 23.6 Å². The van der Waals surface area contributed by atoms with Gasteiger partial charge in [0, 0.05) is 37.7 Å². The highest BCUT2D eigenvalue weighted by molar-refractivity contribution is 7.11. The van der Waals surface area contributed by atoms with Crippen molar-refractivity contribution in [2.24, 2.45) is 5.92 Å². The Kier molecular flexibility index (Phi) is 13.4. The molecule has 242 valence electrons. The Hall–Kier alpha value is -2.27. The summed E-state index contributed by atoms with van der Waals surface area (Å²) in [6.45, 7) is 23.6. The van der Waals surface area contributed by atoms with E-state index >= 15 is 0 Å². The first-order valence-electron chi connectivity index (χ1n) is 15.2. The van der Waals surface area contributed by atoms with E-state index in [1.54, 1.807) is 11.9 Å². The van der Waals surface area contributed by atoms with Crippen LogP contribution in [-0.4, -0.2) is 55.6 Å². The molecule has 1 aromatic heterocycles. The molecule has 1 heterocycles. The van der Waals surface area contributed by atoms with Crippen LogP contribution in [0.25, 0.3) is 0 Å². The number of esters is 1. The van der Waals surface area contributed by atoms with Gasteiger partial charge in [-0.2, -0.15) is 0 Å². The third-order valence-electron chi connectivity index (χ3n) is 7.74. The number of nitrogens with zero attached hydrogens (tertiary/aromatic N) is 2. The molecule has 2 aromatic rings. The van der Waals surface area contributed by atoms with Crippen LogP contribution in [0.15, 0.2) is 30.3 Å². The number of benzene rings is 1. The molecular formula is C33H54N2O6SSi. The van der Waals surface area contributed by atoms with E-state index in [9.17, 15) is 9.59 Å². The number of hydrogen-bond acceptors (Lipinski definition) is 8. The smallest absolute Gasteiger partial charge is 0.410 e. The highest BCUT2D eigenvalue weighted by Gasteiger charge is 2.38. The van der Waals surface area contributed by atoms with Crippen molar-refractivity contribution < 1.29 is 28.2 Å². The Bertz CT molecular complexity index is 1170. The summed E-state index contributed by atoms with van der Waals surface area (Å²) in [7, 11) is -0.300. The van der Waals surface area contributed by atoms with Crippen molar-refractivity contribution in [3.8, 4) is 0 Å². The van der Waals surface area contributed by atoms with Gasteiger partial charge in [-0.1, -0.05) is 65.0 Å². The number of carbonyl (C=O) groups excluding carboxylic acids is 2. The molecular weight excluding hydrogens is 581 g/mol. The highest BCUT2D eigenvalue weighted by Crippen LogP contribution is 2.38. The first-order chi connectivity index (χ1) is 19.8. The van der Waals surface area contributed by atoms with Gasteiger partial charge in [0.1, 0.15) is 10.6 Å². The van der Waals surface area contributed by atoms with Crippen molar-refractivity contribution in [1.29, 1.82) is 0 Å². The maximum Gasteiger partial charge on any atom is 0.410 e. The maximum absolute atomic E-state index is 13.0. The SMILES string of the molecule is CC(=O)O[C@H](C[C@H](C(C)C)N(C)C(=O)OC(C)(C)C)c1nc(CO[Si](C)(C)C(C)(C)C)c(CCOCc2ccccc2)s1. The summed E-state index contributed by atoms with van der Waals surface area (Å²) in [6.07, 6.45) is 0.0309. The predicted molar refractivity (Wildman–Crippen MR) is 176 cm³/mol. The molecule has 0 aliphatic carbocycles. The molecule has 1 aromatic carbocycles. The lowest BCUT2D eigenvalue weighted by atomic mass is 9.96. The van der Waals surface area contributed by atoms with Crippen LogP contribution in [0, 0.1) is 5.92 Å². The lowest BCUT2D eigenvalue weighted by molar-refractivity contribution is -0.147. The molecule has 0 saturated carbocycles. The van der Waals surface area contributed by atoms with Gasteiger partial charge in [0.2, 0.25) is 0 Å². The number of hydrogen-bond donors (Lipinski definition) is 0. The van der Waals surface area contributed by atoms with E-state index in [1.165, 1.54) is 18.3 Å². The fourth-order valence-electron chi connectivity index (χ4n) is 4.21. The normalized spacial score (nSPS) is 14.0. The molecule has 0 saturated heterocycles. The number of rotatable bonds is 14. The first-order valence-corrected chi connectivity index (χ1v) is 18.9. The third-order valence-corrected chi connectivity index (χ3v) is 13.5. The van der Waals surface area contributed by atoms with E-state index in [-0.39, 0.29) is 17.0 Å². The van der Waals surface area contributed by atoms with Gasteiger partial charge >= 0.3 is 12.1 Å². The van der Waals surface area contributed by atoms with Gasteiger partial charge in [-0.3, -0.25) is 4.79 Å². The largest absolute Gasteiger partial charge is 0.455 e. The van der Waals surface area contributed by atoms with Crippen LogP contribution in [0.2, 0.25) is 18.1 Å². The fraction of sp³-hybridized carbons (Fsp3) is 0.667.